The Kier molecular flexibility index (Phi) is 5.84. The molecule has 110 valence electrons. The summed E-state index contributed by atoms with van der Waals surface area (Å²) in [6.07, 6.45) is 3.86. The highest BCUT2D eigenvalue weighted by atomic mass is 32.1. The first-order valence-electron chi connectivity index (χ1n) is 7.51. The number of unbranched alkanes of at least 4 members (excludes halogenated alkanes) is 1. The second kappa shape index (κ2) is 6.74. The van der Waals surface area contributed by atoms with E-state index < -0.39 is 0 Å². The van der Waals surface area contributed by atoms with Gasteiger partial charge in [-0.3, -0.25) is 0 Å². The molecule has 19 heavy (non-hydrogen) atoms. The molecule has 1 aliphatic carbocycles. The van der Waals surface area contributed by atoms with Crippen molar-refractivity contribution in [2.45, 2.75) is 53.9 Å². The van der Waals surface area contributed by atoms with Crippen LogP contribution in [0.3, 0.4) is 0 Å². The largest absolute Gasteiger partial charge is 0.383 e. The van der Waals surface area contributed by atoms with E-state index in [2.05, 4.69) is 51.9 Å². The van der Waals surface area contributed by atoms with E-state index >= 15 is 0 Å². The third-order valence-electron chi connectivity index (χ3n) is 3.74. The minimum atomic E-state index is 0.441. The second-order valence-corrected chi connectivity index (χ2v) is 7.26. The SMILES string of the molecule is CCNC1=C(N(C)CCCCC(C)(C)C)C(C)C1=S. The molecule has 0 saturated heterocycles. The first-order valence-corrected chi connectivity index (χ1v) is 7.92. The summed E-state index contributed by atoms with van der Waals surface area (Å²) < 4.78 is 0. The van der Waals surface area contributed by atoms with Gasteiger partial charge in [-0.2, -0.15) is 0 Å². The van der Waals surface area contributed by atoms with Crippen LogP contribution in [0, 0.1) is 11.3 Å². The summed E-state index contributed by atoms with van der Waals surface area (Å²) in [6, 6.07) is 0. The van der Waals surface area contributed by atoms with E-state index in [0.29, 0.717) is 11.3 Å². The lowest BCUT2D eigenvalue weighted by molar-refractivity contribution is 0.323. The summed E-state index contributed by atoms with van der Waals surface area (Å²) >= 11 is 5.43. The Morgan fingerprint density at radius 2 is 1.89 bits per heavy atom. The fraction of sp³-hybridized carbons (Fsp3) is 0.812. The average Bonchev–Trinajstić information content (AvgIpc) is 2.32. The lowest BCUT2D eigenvalue weighted by atomic mass is 9.86. The van der Waals surface area contributed by atoms with Crippen LogP contribution in [0.1, 0.15) is 53.9 Å². The Bertz CT molecular complexity index is 352. The zero-order chi connectivity index (χ0) is 14.6. The van der Waals surface area contributed by atoms with E-state index in [4.69, 9.17) is 12.2 Å². The summed E-state index contributed by atoms with van der Waals surface area (Å²) in [7, 11) is 2.20. The zero-order valence-corrected chi connectivity index (χ0v) is 14.3. The summed E-state index contributed by atoms with van der Waals surface area (Å²) in [5.41, 5.74) is 3.07. The number of thiocarbonyl (C=S) groups is 1. The third kappa shape index (κ3) is 4.48. The Hall–Kier alpha value is -0.570. The quantitative estimate of drug-likeness (QED) is 0.562. The number of hydrogen-bond acceptors (Lipinski definition) is 3. The standard InChI is InChI=1S/C16H30N2S/c1-7-17-13-14(12(2)15(13)19)18(6)11-9-8-10-16(3,4)5/h12,17H,7-11H2,1-6H3. The Morgan fingerprint density at radius 1 is 1.26 bits per heavy atom. The van der Waals surface area contributed by atoms with Crippen LogP contribution >= 0.6 is 12.2 Å². The van der Waals surface area contributed by atoms with Crippen molar-refractivity contribution in [2.75, 3.05) is 20.1 Å². The molecule has 2 nitrogen and oxygen atoms in total. The fourth-order valence-electron chi connectivity index (χ4n) is 2.61. The van der Waals surface area contributed by atoms with Crippen LogP contribution in [0.5, 0.6) is 0 Å². The van der Waals surface area contributed by atoms with Gasteiger partial charge in [0.1, 0.15) is 0 Å². The summed E-state index contributed by atoms with van der Waals surface area (Å²) in [6.45, 7) is 13.4. The minimum absolute atomic E-state index is 0.441. The molecule has 0 aromatic carbocycles. The van der Waals surface area contributed by atoms with Gasteiger partial charge < -0.3 is 10.2 Å². The minimum Gasteiger partial charge on any atom is -0.383 e. The Labute approximate surface area is 124 Å². The van der Waals surface area contributed by atoms with Crippen molar-refractivity contribution in [1.82, 2.24) is 10.2 Å². The van der Waals surface area contributed by atoms with Gasteiger partial charge in [-0.1, -0.05) is 46.3 Å². The molecule has 1 N–H and O–H groups in total. The molecule has 1 atom stereocenters. The normalized spacial score (nSPS) is 19.5. The highest BCUT2D eigenvalue weighted by Gasteiger charge is 2.33. The molecular formula is C16H30N2S. The average molecular weight is 282 g/mol. The molecule has 1 aliphatic rings. The van der Waals surface area contributed by atoms with Crippen LogP contribution in [0.15, 0.2) is 11.4 Å². The first kappa shape index (κ1) is 16.5. The van der Waals surface area contributed by atoms with Crippen LogP contribution in [0.4, 0.5) is 0 Å². The van der Waals surface area contributed by atoms with Crippen molar-refractivity contribution in [2.24, 2.45) is 11.3 Å². The second-order valence-electron chi connectivity index (χ2n) is 6.82. The topological polar surface area (TPSA) is 15.3 Å². The molecule has 1 unspecified atom stereocenters. The van der Waals surface area contributed by atoms with Crippen molar-refractivity contribution in [1.29, 1.82) is 0 Å². The van der Waals surface area contributed by atoms with Gasteiger partial charge in [-0.25, -0.2) is 0 Å². The fourth-order valence-corrected chi connectivity index (χ4v) is 2.89. The van der Waals surface area contributed by atoms with Gasteiger partial charge in [0.05, 0.1) is 5.70 Å². The predicted molar refractivity (Wildman–Crippen MR) is 88.4 cm³/mol. The molecular weight excluding hydrogens is 252 g/mol. The zero-order valence-electron chi connectivity index (χ0n) is 13.5. The van der Waals surface area contributed by atoms with E-state index in [1.165, 1.54) is 30.7 Å². The van der Waals surface area contributed by atoms with E-state index in [9.17, 15) is 0 Å². The number of rotatable bonds is 7. The van der Waals surface area contributed by atoms with Gasteiger partial charge in [-0.15, -0.1) is 0 Å². The van der Waals surface area contributed by atoms with Gasteiger partial charge >= 0.3 is 0 Å². The summed E-state index contributed by atoms with van der Waals surface area (Å²) in [5.74, 6) is 0.441. The predicted octanol–water partition coefficient (Wildman–Crippen LogP) is 3.98. The van der Waals surface area contributed by atoms with E-state index in [1.54, 1.807) is 0 Å². The van der Waals surface area contributed by atoms with Gasteiger partial charge in [0.2, 0.25) is 0 Å². The molecule has 3 heteroatoms. The molecule has 0 bridgehead atoms. The Balaban J connectivity index is 2.45. The smallest absolute Gasteiger partial charge is 0.0690 e. The number of nitrogens with zero attached hydrogens (tertiary/aromatic N) is 1. The molecule has 0 amide bonds. The molecule has 0 aromatic heterocycles. The molecule has 0 spiro atoms. The van der Waals surface area contributed by atoms with Crippen molar-refractivity contribution < 1.29 is 0 Å². The van der Waals surface area contributed by atoms with E-state index in [1.807, 2.05) is 0 Å². The van der Waals surface area contributed by atoms with Crippen molar-refractivity contribution in [3.8, 4) is 0 Å². The van der Waals surface area contributed by atoms with Gasteiger partial charge in [0.25, 0.3) is 0 Å². The van der Waals surface area contributed by atoms with Crippen LogP contribution in [-0.2, 0) is 0 Å². The molecule has 0 fully saturated rings. The summed E-state index contributed by atoms with van der Waals surface area (Å²) in [5, 5.41) is 3.40. The highest BCUT2D eigenvalue weighted by molar-refractivity contribution is 7.81. The molecule has 0 aliphatic heterocycles. The van der Waals surface area contributed by atoms with Gasteiger partial charge in [0.15, 0.2) is 0 Å². The number of allylic oxidation sites excluding steroid dienone is 2. The number of nitrogens with one attached hydrogen (secondary N) is 1. The maximum atomic E-state index is 5.43. The third-order valence-corrected chi connectivity index (χ3v) is 4.30. The highest BCUT2D eigenvalue weighted by Crippen LogP contribution is 2.32. The first-order chi connectivity index (χ1) is 8.78. The molecule has 0 radical (unpaired) electrons. The monoisotopic (exact) mass is 282 g/mol. The molecule has 1 rings (SSSR count). The van der Waals surface area contributed by atoms with Gasteiger partial charge in [0, 0.05) is 36.6 Å². The molecule has 0 aromatic rings. The lowest BCUT2D eigenvalue weighted by Gasteiger charge is -2.39. The Morgan fingerprint density at radius 3 is 2.42 bits per heavy atom. The van der Waals surface area contributed by atoms with Gasteiger partial charge in [-0.05, 0) is 25.2 Å². The van der Waals surface area contributed by atoms with Crippen LogP contribution < -0.4 is 5.32 Å². The maximum Gasteiger partial charge on any atom is 0.0690 e. The van der Waals surface area contributed by atoms with Crippen LogP contribution in [0.25, 0.3) is 0 Å². The molecule has 0 heterocycles. The number of hydrogen-bond donors (Lipinski definition) is 1. The van der Waals surface area contributed by atoms with E-state index in [-0.39, 0.29) is 0 Å². The maximum absolute atomic E-state index is 5.43. The van der Waals surface area contributed by atoms with Crippen molar-refractivity contribution >= 4 is 17.1 Å². The lowest BCUT2D eigenvalue weighted by Crippen LogP contribution is -2.43. The van der Waals surface area contributed by atoms with Crippen LogP contribution in [0.2, 0.25) is 0 Å². The van der Waals surface area contributed by atoms with Crippen LogP contribution in [-0.4, -0.2) is 29.9 Å². The van der Waals surface area contributed by atoms with Crippen molar-refractivity contribution in [3.05, 3.63) is 11.4 Å². The molecule has 0 saturated carbocycles. The van der Waals surface area contributed by atoms with E-state index in [0.717, 1.165) is 18.0 Å². The summed E-state index contributed by atoms with van der Waals surface area (Å²) in [4.78, 5) is 3.49. The van der Waals surface area contributed by atoms with Crippen molar-refractivity contribution in [3.63, 3.8) is 0 Å².